The van der Waals surface area contributed by atoms with E-state index in [4.69, 9.17) is 0 Å². The number of thioether (sulfide) groups is 1. The van der Waals surface area contributed by atoms with Crippen molar-refractivity contribution in [2.45, 2.75) is 25.3 Å². The molecule has 3 amide bonds. The van der Waals surface area contributed by atoms with Crippen molar-refractivity contribution >= 4 is 35.1 Å². The van der Waals surface area contributed by atoms with Gasteiger partial charge in [-0.15, -0.1) is 11.8 Å². The molecule has 0 unspecified atom stereocenters. The highest BCUT2D eigenvalue weighted by Gasteiger charge is 2.59. The largest absolute Gasteiger partial charge is 0.323 e. The summed E-state index contributed by atoms with van der Waals surface area (Å²) in [5, 5.41) is 2.78. The monoisotopic (exact) mass is 461 g/mol. The highest BCUT2D eigenvalue weighted by Crippen LogP contribution is 2.54. The quantitative estimate of drug-likeness (QED) is 0.566. The van der Waals surface area contributed by atoms with Crippen molar-refractivity contribution in [1.82, 2.24) is 4.90 Å². The van der Waals surface area contributed by atoms with Crippen LogP contribution in [-0.4, -0.2) is 29.1 Å². The third kappa shape index (κ3) is 3.66. The second-order valence-corrected chi connectivity index (χ2v) is 9.77. The number of carbonyl (C=O) groups is 2. The zero-order valence-electron chi connectivity index (χ0n) is 18.5. The normalized spacial score (nSPS) is 19.3. The third-order valence-electron chi connectivity index (χ3n) is 6.13. The van der Waals surface area contributed by atoms with Gasteiger partial charge in [-0.3, -0.25) is 9.69 Å². The van der Waals surface area contributed by atoms with Crippen LogP contribution in [0.1, 0.15) is 22.3 Å². The van der Waals surface area contributed by atoms with Crippen LogP contribution in [0.15, 0.2) is 66.7 Å². The van der Waals surface area contributed by atoms with Gasteiger partial charge in [-0.1, -0.05) is 53.6 Å². The highest BCUT2D eigenvalue weighted by atomic mass is 32.2. The molecule has 1 saturated heterocycles. The van der Waals surface area contributed by atoms with Gasteiger partial charge in [0.2, 0.25) is 0 Å². The van der Waals surface area contributed by atoms with E-state index in [9.17, 15) is 14.0 Å². The molecule has 1 N–H and O–H groups in total. The molecule has 1 spiro atoms. The lowest BCUT2D eigenvalue weighted by atomic mass is 10.0. The van der Waals surface area contributed by atoms with E-state index in [0.29, 0.717) is 24.5 Å². The molecule has 0 aromatic heterocycles. The lowest BCUT2D eigenvalue weighted by Crippen LogP contribution is -2.51. The van der Waals surface area contributed by atoms with Crippen molar-refractivity contribution in [1.29, 1.82) is 0 Å². The van der Waals surface area contributed by atoms with Crippen LogP contribution in [0.2, 0.25) is 0 Å². The standard InChI is InChI=1S/C26H24FN3O2S/c1-17-6-9-19(10-7-17)16-29-23-11-8-18(2)14-22(23)26(24(29)31)30(12-13-33-26)25(32)28-21-5-3-4-20(27)15-21/h3-11,14-15H,12-13,16H2,1-2H3,(H,28,32)/t26-/m0/s1. The fourth-order valence-electron chi connectivity index (χ4n) is 4.52. The minimum absolute atomic E-state index is 0.124. The molecular formula is C26H24FN3O2S. The minimum Gasteiger partial charge on any atom is -0.308 e. The number of nitrogens with one attached hydrogen (secondary N) is 1. The van der Waals surface area contributed by atoms with E-state index >= 15 is 0 Å². The van der Waals surface area contributed by atoms with E-state index < -0.39 is 16.7 Å². The molecule has 1 fully saturated rings. The summed E-state index contributed by atoms with van der Waals surface area (Å²) in [4.78, 5) is 29.6. The summed E-state index contributed by atoms with van der Waals surface area (Å²) >= 11 is 1.48. The zero-order valence-corrected chi connectivity index (χ0v) is 19.3. The Morgan fingerprint density at radius 1 is 1.06 bits per heavy atom. The number of nitrogens with zero attached hydrogens (tertiary/aromatic N) is 2. The number of benzene rings is 3. The van der Waals surface area contributed by atoms with Gasteiger partial charge in [-0.25, -0.2) is 9.18 Å². The molecule has 0 radical (unpaired) electrons. The fraction of sp³-hybridized carbons (Fsp3) is 0.231. The first-order valence-corrected chi connectivity index (χ1v) is 11.8. The van der Waals surface area contributed by atoms with Gasteiger partial charge in [-0.2, -0.15) is 0 Å². The Morgan fingerprint density at radius 2 is 1.82 bits per heavy atom. The van der Waals surface area contributed by atoms with Crippen LogP contribution in [0.5, 0.6) is 0 Å². The number of anilines is 2. The fourth-order valence-corrected chi connectivity index (χ4v) is 5.97. The van der Waals surface area contributed by atoms with Crippen LogP contribution in [0.4, 0.5) is 20.6 Å². The van der Waals surface area contributed by atoms with Crippen LogP contribution < -0.4 is 10.2 Å². The average molecular weight is 462 g/mol. The molecule has 33 heavy (non-hydrogen) atoms. The molecule has 0 aliphatic carbocycles. The number of halogens is 1. The maximum atomic E-state index is 14.0. The lowest BCUT2D eigenvalue weighted by Gasteiger charge is -2.33. The Morgan fingerprint density at radius 3 is 2.58 bits per heavy atom. The predicted octanol–water partition coefficient (Wildman–Crippen LogP) is 5.42. The third-order valence-corrected chi connectivity index (χ3v) is 7.55. The van der Waals surface area contributed by atoms with E-state index in [0.717, 1.165) is 27.9 Å². The SMILES string of the molecule is Cc1ccc(CN2C(=O)[C@@]3(SCCN3C(=O)Nc3cccc(F)c3)c3cc(C)ccc32)cc1. The zero-order chi connectivity index (χ0) is 23.2. The van der Waals surface area contributed by atoms with Gasteiger partial charge >= 0.3 is 6.03 Å². The van der Waals surface area contributed by atoms with E-state index in [1.807, 2.05) is 56.3 Å². The molecule has 7 heteroatoms. The van der Waals surface area contributed by atoms with E-state index in [1.54, 1.807) is 21.9 Å². The molecule has 1 atom stereocenters. The van der Waals surface area contributed by atoms with Gasteiger partial charge in [0, 0.05) is 23.5 Å². The van der Waals surface area contributed by atoms with Gasteiger partial charge < -0.3 is 10.2 Å². The molecule has 0 saturated carbocycles. The van der Waals surface area contributed by atoms with Gasteiger partial charge in [-0.05, 0) is 43.7 Å². The minimum atomic E-state index is -1.14. The Bertz CT molecular complexity index is 1250. The summed E-state index contributed by atoms with van der Waals surface area (Å²) in [6.07, 6.45) is 0. The van der Waals surface area contributed by atoms with Gasteiger partial charge in [0.15, 0.2) is 4.87 Å². The second kappa shape index (κ2) is 8.23. The Kier molecular flexibility index (Phi) is 5.37. The van der Waals surface area contributed by atoms with Crippen molar-refractivity contribution in [3.63, 3.8) is 0 Å². The molecule has 3 aromatic carbocycles. The number of rotatable bonds is 3. The lowest BCUT2D eigenvalue weighted by molar-refractivity contribution is -0.123. The molecular weight excluding hydrogens is 437 g/mol. The molecule has 2 aliphatic rings. The summed E-state index contributed by atoms with van der Waals surface area (Å²) in [7, 11) is 0. The van der Waals surface area contributed by atoms with E-state index in [2.05, 4.69) is 5.32 Å². The number of carbonyl (C=O) groups excluding carboxylic acids is 2. The van der Waals surface area contributed by atoms with Crippen LogP contribution in [0.25, 0.3) is 0 Å². The molecule has 5 nitrogen and oxygen atoms in total. The molecule has 0 bridgehead atoms. The average Bonchev–Trinajstić information content (AvgIpc) is 3.32. The first kappa shape index (κ1) is 21.5. The van der Waals surface area contributed by atoms with Crippen molar-refractivity contribution in [3.8, 4) is 0 Å². The van der Waals surface area contributed by atoms with Crippen LogP contribution in [0.3, 0.4) is 0 Å². The summed E-state index contributed by atoms with van der Waals surface area (Å²) in [6, 6.07) is 19.4. The first-order valence-electron chi connectivity index (χ1n) is 10.9. The summed E-state index contributed by atoms with van der Waals surface area (Å²) in [6.45, 7) is 4.86. The maximum Gasteiger partial charge on any atom is 0.323 e. The predicted molar refractivity (Wildman–Crippen MR) is 130 cm³/mol. The smallest absolute Gasteiger partial charge is 0.308 e. The Labute approximate surface area is 196 Å². The summed E-state index contributed by atoms with van der Waals surface area (Å²) in [5.74, 6) is 0.0784. The van der Waals surface area contributed by atoms with E-state index in [1.165, 1.54) is 23.9 Å². The number of hydrogen-bond donors (Lipinski definition) is 1. The van der Waals surface area contributed by atoms with Crippen LogP contribution in [0, 0.1) is 19.7 Å². The van der Waals surface area contributed by atoms with Crippen molar-refractivity contribution < 1.29 is 14.0 Å². The second-order valence-electron chi connectivity index (χ2n) is 8.48. The van der Waals surface area contributed by atoms with Gasteiger partial charge in [0.1, 0.15) is 5.82 Å². The molecule has 168 valence electrons. The summed E-state index contributed by atoms with van der Waals surface area (Å²) < 4.78 is 13.6. The van der Waals surface area contributed by atoms with Crippen molar-refractivity contribution in [3.05, 3.63) is 94.8 Å². The number of urea groups is 1. The number of aryl methyl sites for hydroxylation is 2. The molecule has 2 aliphatic heterocycles. The maximum absolute atomic E-state index is 14.0. The van der Waals surface area contributed by atoms with Crippen LogP contribution >= 0.6 is 11.8 Å². The molecule has 3 aromatic rings. The molecule has 5 rings (SSSR count). The van der Waals surface area contributed by atoms with E-state index in [-0.39, 0.29) is 5.91 Å². The van der Waals surface area contributed by atoms with Crippen molar-refractivity contribution in [2.24, 2.45) is 0 Å². The Hall–Kier alpha value is -3.32. The highest BCUT2D eigenvalue weighted by molar-refractivity contribution is 8.01. The van der Waals surface area contributed by atoms with Crippen LogP contribution in [-0.2, 0) is 16.2 Å². The number of amides is 3. The van der Waals surface area contributed by atoms with Gasteiger partial charge in [0.25, 0.3) is 5.91 Å². The summed E-state index contributed by atoms with van der Waals surface area (Å²) in [5.41, 5.74) is 5.22. The van der Waals surface area contributed by atoms with Gasteiger partial charge in [0.05, 0.1) is 12.2 Å². The number of fused-ring (bicyclic) bond motifs is 2. The number of hydrogen-bond acceptors (Lipinski definition) is 3. The Balaban J connectivity index is 1.53. The van der Waals surface area contributed by atoms with Crippen molar-refractivity contribution in [2.75, 3.05) is 22.5 Å². The topological polar surface area (TPSA) is 52.7 Å². The first-order chi connectivity index (χ1) is 15.9. The molecule has 2 heterocycles.